The summed E-state index contributed by atoms with van der Waals surface area (Å²) in [5, 5.41) is 5.02. The number of aromatic amines is 1. The molecule has 1 aliphatic rings. The first-order valence-electron chi connectivity index (χ1n) is 8.20. The SMILES string of the molecule is Cc1ccccc1C(=O)NCC1(c2c[nH]c3ccc(Cl)cc23)CC1. The maximum absolute atomic E-state index is 12.5. The predicted octanol–water partition coefficient (Wildman–Crippen LogP) is 4.59. The van der Waals surface area contributed by atoms with Gasteiger partial charge in [0.2, 0.25) is 0 Å². The van der Waals surface area contributed by atoms with Crippen molar-refractivity contribution in [1.29, 1.82) is 0 Å². The van der Waals surface area contributed by atoms with Gasteiger partial charge in [0.1, 0.15) is 0 Å². The van der Waals surface area contributed by atoms with Crippen LogP contribution in [0.1, 0.15) is 34.3 Å². The lowest BCUT2D eigenvalue weighted by Gasteiger charge is -2.16. The minimum absolute atomic E-state index is 0.00255. The van der Waals surface area contributed by atoms with Crippen LogP contribution in [0.25, 0.3) is 10.9 Å². The van der Waals surface area contributed by atoms with Gasteiger partial charge in [-0.3, -0.25) is 4.79 Å². The summed E-state index contributed by atoms with van der Waals surface area (Å²) in [4.78, 5) is 15.8. The number of nitrogens with one attached hydrogen (secondary N) is 2. The van der Waals surface area contributed by atoms with Crippen LogP contribution in [-0.4, -0.2) is 17.4 Å². The molecule has 0 spiro atoms. The van der Waals surface area contributed by atoms with E-state index in [1.54, 1.807) is 0 Å². The highest BCUT2D eigenvalue weighted by Crippen LogP contribution is 2.50. The zero-order chi connectivity index (χ0) is 16.7. The van der Waals surface area contributed by atoms with Crippen LogP contribution in [0.5, 0.6) is 0 Å². The first-order chi connectivity index (χ1) is 11.6. The Kier molecular flexibility index (Phi) is 3.61. The summed E-state index contributed by atoms with van der Waals surface area (Å²) in [6.07, 6.45) is 4.23. The molecular formula is C20H19ClN2O. The van der Waals surface area contributed by atoms with E-state index in [4.69, 9.17) is 11.6 Å². The van der Waals surface area contributed by atoms with Crippen molar-refractivity contribution >= 4 is 28.4 Å². The first kappa shape index (κ1) is 15.3. The lowest BCUT2D eigenvalue weighted by atomic mass is 9.95. The summed E-state index contributed by atoms with van der Waals surface area (Å²) in [6.45, 7) is 2.61. The van der Waals surface area contributed by atoms with Crippen molar-refractivity contribution in [2.24, 2.45) is 0 Å². The van der Waals surface area contributed by atoms with E-state index < -0.39 is 0 Å². The fourth-order valence-electron chi connectivity index (χ4n) is 3.40. The third-order valence-electron chi connectivity index (χ3n) is 5.05. The molecule has 0 saturated heterocycles. The van der Waals surface area contributed by atoms with Gasteiger partial charge in [-0.05, 0) is 55.2 Å². The Balaban J connectivity index is 1.57. The van der Waals surface area contributed by atoms with Gasteiger partial charge in [-0.1, -0.05) is 29.8 Å². The highest BCUT2D eigenvalue weighted by Gasteiger charge is 2.45. The van der Waals surface area contributed by atoms with E-state index in [-0.39, 0.29) is 11.3 Å². The quantitative estimate of drug-likeness (QED) is 0.718. The number of benzene rings is 2. The fourth-order valence-corrected chi connectivity index (χ4v) is 3.57. The van der Waals surface area contributed by atoms with Crippen LogP contribution < -0.4 is 5.32 Å². The maximum atomic E-state index is 12.5. The number of aromatic nitrogens is 1. The monoisotopic (exact) mass is 338 g/mol. The Morgan fingerprint density at radius 3 is 2.79 bits per heavy atom. The second kappa shape index (κ2) is 5.67. The Morgan fingerprint density at radius 1 is 1.25 bits per heavy atom. The maximum Gasteiger partial charge on any atom is 0.251 e. The molecular weight excluding hydrogens is 320 g/mol. The van der Waals surface area contributed by atoms with Gasteiger partial charge in [-0.2, -0.15) is 0 Å². The smallest absolute Gasteiger partial charge is 0.251 e. The molecule has 0 unspecified atom stereocenters. The number of halogens is 1. The summed E-state index contributed by atoms with van der Waals surface area (Å²) in [5.74, 6) is -0.00255. The average molecular weight is 339 g/mol. The lowest BCUT2D eigenvalue weighted by molar-refractivity contribution is 0.0949. The van der Waals surface area contributed by atoms with Crippen LogP contribution in [0, 0.1) is 6.92 Å². The number of aryl methyl sites for hydroxylation is 1. The highest BCUT2D eigenvalue weighted by atomic mass is 35.5. The van der Waals surface area contributed by atoms with Crippen molar-refractivity contribution in [2.45, 2.75) is 25.2 Å². The van der Waals surface area contributed by atoms with E-state index in [1.807, 2.05) is 49.4 Å². The molecule has 4 rings (SSSR count). The molecule has 0 bridgehead atoms. The normalized spacial score (nSPS) is 15.4. The number of hydrogen-bond acceptors (Lipinski definition) is 1. The van der Waals surface area contributed by atoms with Gasteiger partial charge < -0.3 is 10.3 Å². The highest BCUT2D eigenvalue weighted by molar-refractivity contribution is 6.31. The molecule has 1 heterocycles. The zero-order valence-electron chi connectivity index (χ0n) is 13.5. The van der Waals surface area contributed by atoms with E-state index in [2.05, 4.69) is 16.5 Å². The summed E-state index contributed by atoms with van der Waals surface area (Å²) in [5.41, 5.74) is 4.12. The Bertz CT molecular complexity index is 924. The number of hydrogen-bond donors (Lipinski definition) is 2. The summed E-state index contributed by atoms with van der Waals surface area (Å²) < 4.78 is 0. The number of amides is 1. The number of carbonyl (C=O) groups excluding carboxylic acids is 1. The van der Waals surface area contributed by atoms with Crippen LogP contribution in [0.15, 0.2) is 48.7 Å². The van der Waals surface area contributed by atoms with Crippen molar-refractivity contribution < 1.29 is 4.79 Å². The predicted molar refractivity (Wildman–Crippen MR) is 97.7 cm³/mol. The summed E-state index contributed by atoms with van der Waals surface area (Å²) in [7, 11) is 0. The molecule has 122 valence electrons. The molecule has 2 aromatic carbocycles. The van der Waals surface area contributed by atoms with Crippen molar-refractivity contribution in [3.63, 3.8) is 0 Å². The molecule has 1 aromatic heterocycles. The minimum atomic E-state index is -0.00255. The van der Waals surface area contributed by atoms with Gasteiger partial charge in [-0.15, -0.1) is 0 Å². The standard InChI is InChI=1S/C20H19ClN2O/c1-13-4-2-3-5-15(13)19(24)23-12-20(8-9-20)17-11-22-18-7-6-14(21)10-16(17)18/h2-7,10-11,22H,8-9,12H2,1H3,(H,23,24). The molecule has 1 aliphatic carbocycles. The molecule has 0 aliphatic heterocycles. The van der Waals surface area contributed by atoms with E-state index in [0.717, 1.165) is 39.9 Å². The van der Waals surface area contributed by atoms with Gasteiger partial charge in [0.05, 0.1) is 0 Å². The zero-order valence-corrected chi connectivity index (χ0v) is 14.3. The molecule has 0 atom stereocenters. The second-order valence-corrected chi connectivity index (χ2v) is 7.11. The van der Waals surface area contributed by atoms with E-state index >= 15 is 0 Å². The molecule has 2 N–H and O–H groups in total. The van der Waals surface area contributed by atoms with E-state index in [9.17, 15) is 4.79 Å². The Labute approximate surface area is 146 Å². The molecule has 3 aromatic rings. The Hall–Kier alpha value is -2.26. The summed E-state index contributed by atoms with van der Waals surface area (Å²) >= 11 is 6.16. The van der Waals surface area contributed by atoms with Crippen LogP contribution in [0.2, 0.25) is 5.02 Å². The minimum Gasteiger partial charge on any atom is -0.361 e. The second-order valence-electron chi connectivity index (χ2n) is 6.67. The van der Waals surface area contributed by atoms with Gasteiger partial charge in [0.25, 0.3) is 5.91 Å². The van der Waals surface area contributed by atoms with Gasteiger partial charge in [0, 0.05) is 39.6 Å². The number of rotatable bonds is 4. The van der Waals surface area contributed by atoms with Crippen LogP contribution in [0.4, 0.5) is 0 Å². The number of fused-ring (bicyclic) bond motifs is 1. The van der Waals surface area contributed by atoms with Crippen molar-refractivity contribution in [3.05, 3.63) is 70.4 Å². The largest absolute Gasteiger partial charge is 0.361 e. The average Bonchev–Trinajstić information content (AvgIpc) is 3.25. The van der Waals surface area contributed by atoms with Crippen molar-refractivity contribution in [2.75, 3.05) is 6.54 Å². The molecule has 3 nitrogen and oxygen atoms in total. The van der Waals surface area contributed by atoms with Gasteiger partial charge in [-0.25, -0.2) is 0 Å². The van der Waals surface area contributed by atoms with Gasteiger partial charge >= 0.3 is 0 Å². The molecule has 1 amide bonds. The van der Waals surface area contributed by atoms with E-state index in [1.165, 1.54) is 5.56 Å². The lowest BCUT2D eigenvalue weighted by Crippen LogP contribution is -2.32. The molecule has 1 fully saturated rings. The van der Waals surface area contributed by atoms with Crippen LogP contribution in [0.3, 0.4) is 0 Å². The third-order valence-corrected chi connectivity index (χ3v) is 5.28. The summed E-state index contributed by atoms with van der Waals surface area (Å²) in [6, 6.07) is 13.6. The molecule has 24 heavy (non-hydrogen) atoms. The number of H-pyrrole nitrogens is 1. The number of carbonyl (C=O) groups is 1. The van der Waals surface area contributed by atoms with E-state index in [0.29, 0.717) is 6.54 Å². The Morgan fingerprint density at radius 2 is 2.04 bits per heavy atom. The fraction of sp³-hybridized carbons (Fsp3) is 0.250. The van der Waals surface area contributed by atoms with Crippen LogP contribution >= 0.6 is 11.6 Å². The van der Waals surface area contributed by atoms with Crippen molar-refractivity contribution in [1.82, 2.24) is 10.3 Å². The van der Waals surface area contributed by atoms with Gasteiger partial charge in [0.15, 0.2) is 0 Å². The first-order valence-corrected chi connectivity index (χ1v) is 8.58. The third kappa shape index (κ3) is 2.59. The molecule has 1 saturated carbocycles. The molecule has 0 radical (unpaired) electrons. The van der Waals surface area contributed by atoms with Crippen molar-refractivity contribution in [3.8, 4) is 0 Å². The molecule has 4 heteroatoms. The topological polar surface area (TPSA) is 44.9 Å². The van der Waals surface area contributed by atoms with Crippen LogP contribution in [-0.2, 0) is 5.41 Å².